The zero-order chi connectivity index (χ0) is 28.7. The fourth-order valence-electron chi connectivity index (χ4n) is 5.54. The fraction of sp³-hybridized carbons (Fsp3) is 0.212. The Morgan fingerprint density at radius 3 is 2.34 bits per heavy atom. The SMILES string of the molecule is Cc1ccc(C)c(N2CCN(C(=O)c3ccc4c(c3)N(Cc3ccccc3F)C(=O)c3ccccc3S4=O)CC2)c1. The van der Waals surface area contributed by atoms with E-state index in [0.29, 0.717) is 58.3 Å². The maximum absolute atomic E-state index is 14.7. The first-order chi connectivity index (χ1) is 19.8. The van der Waals surface area contributed by atoms with Crippen LogP contribution in [0.25, 0.3) is 0 Å². The van der Waals surface area contributed by atoms with Crippen LogP contribution in [0, 0.1) is 19.7 Å². The Morgan fingerprint density at radius 1 is 0.829 bits per heavy atom. The lowest BCUT2D eigenvalue weighted by atomic mass is 10.1. The number of anilines is 2. The van der Waals surface area contributed by atoms with Gasteiger partial charge in [0.05, 0.1) is 38.4 Å². The van der Waals surface area contributed by atoms with Gasteiger partial charge in [-0.3, -0.25) is 9.59 Å². The summed E-state index contributed by atoms with van der Waals surface area (Å²) in [7, 11) is -1.66. The molecule has 0 aliphatic carbocycles. The number of hydrogen-bond acceptors (Lipinski definition) is 4. The van der Waals surface area contributed by atoms with Gasteiger partial charge in [-0.2, -0.15) is 0 Å². The van der Waals surface area contributed by atoms with Crippen molar-refractivity contribution in [1.29, 1.82) is 0 Å². The summed E-state index contributed by atoms with van der Waals surface area (Å²) in [5.74, 6) is -0.976. The largest absolute Gasteiger partial charge is 0.368 e. The van der Waals surface area contributed by atoms with Crippen LogP contribution in [-0.4, -0.2) is 47.1 Å². The van der Waals surface area contributed by atoms with Gasteiger partial charge in [0.2, 0.25) is 0 Å². The van der Waals surface area contributed by atoms with Crippen LogP contribution in [0.3, 0.4) is 0 Å². The number of amides is 2. The van der Waals surface area contributed by atoms with Gasteiger partial charge in [-0.05, 0) is 67.4 Å². The molecule has 0 radical (unpaired) electrons. The van der Waals surface area contributed by atoms with Crippen molar-refractivity contribution in [3.8, 4) is 0 Å². The lowest BCUT2D eigenvalue weighted by Gasteiger charge is -2.37. The second-order valence-electron chi connectivity index (χ2n) is 10.5. The number of rotatable bonds is 4. The Kier molecular flexibility index (Phi) is 7.17. The van der Waals surface area contributed by atoms with Crippen LogP contribution in [0.2, 0.25) is 0 Å². The van der Waals surface area contributed by atoms with E-state index < -0.39 is 16.6 Å². The molecule has 1 atom stereocenters. The molecule has 0 aromatic heterocycles. The normalized spacial score (nSPS) is 16.7. The smallest absolute Gasteiger partial charge is 0.259 e. The molecule has 0 bridgehead atoms. The van der Waals surface area contributed by atoms with Gasteiger partial charge in [0.1, 0.15) is 5.82 Å². The number of carbonyl (C=O) groups excluding carboxylic acids is 2. The van der Waals surface area contributed by atoms with Crippen LogP contribution < -0.4 is 9.80 Å². The van der Waals surface area contributed by atoms with E-state index in [4.69, 9.17) is 0 Å². The van der Waals surface area contributed by atoms with Crippen molar-refractivity contribution < 1.29 is 18.2 Å². The predicted molar refractivity (Wildman–Crippen MR) is 159 cm³/mol. The highest BCUT2D eigenvalue weighted by Crippen LogP contribution is 2.36. The lowest BCUT2D eigenvalue weighted by molar-refractivity contribution is 0.0746. The van der Waals surface area contributed by atoms with Crippen LogP contribution in [0.1, 0.15) is 37.4 Å². The van der Waals surface area contributed by atoms with Crippen molar-refractivity contribution in [2.24, 2.45) is 0 Å². The van der Waals surface area contributed by atoms with Gasteiger partial charge in [-0.15, -0.1) is 0 Å². The molecule has 4 aromatic carbocycles. The van der Waals surface area contributed by atoms with Gasteiger partial charge < -0.3 is 14.7 Å². The summed E-state index contributed by atoms with van der Waals surface area (Å²) in [6.45, 7) is 6.63. The number of piperazine rings is 1. The van der Waals surface area contributed by atoms with Crippen molar-refractivity contribution in [3.05, 3.63) is 119 Å². The molecule has 1 fully saturated rings. The summed E-state index contributed by atoms with van der Waals surface area (Å²) in [6.07, 6.45) is 0. The Labute approximate surface area is 241 Å². The van der Waals surface area contributed by atoms with E-state index in [0.717, 1.165) is 0 Å². The zero-order valence-electron chi connectivity index (χ0n) is 23.0. The average Bonchev–Trinajstić information content (AvgIpc) is 3.08. The van der Waals surface area contributed by atoms with Gasteiger partial charge in [-0.25, -0.2) is 8.60 Å². The summed E-state index contributed by atoms with van der Waals surface area (Å²) in [5, 5.41) is 0. The number of halogens is 1. The minimum absolute atomic E-state index is 0.0593. The van der Waals surface area contributed by atoms with E-state index in [1.54, 1.807) is 60.7 Å². The molecule has 0 spiro atoms. The molecule has 2 heterocycles. The summed E-state index contributed by atoms with van der Waals surface area (Å²) in [5.41, 5.74) is 4.97. The van der Waals surface area contributed by atoms with Gasteiger partial charge >= 0.3 is 0 Å². The van der Waals surface area contributed by atoms with Crippen LogP contribution in [0.4, 0.5) is 15.8 Å². The number of hydrogen-bond donors (Lipinski definition) is 0. The molecule has 41 heavy (non-hydrogen) atoms. The van der Waals surface area contributed by atoms with E-state index >= 15 is 0 Å². The average molecular weight is 568 g/mol. The Morgan fingerprint density at radius 2 is 1.56 bits per heavy atom. The molecule has 0 saturated carbocycles. The van der Waals surface area contributed by atoms with Crippen LogP contribution in [-0.2, 0) is 17.3 Å². The first kappa shape index (κ1) is 26.9. The number of carbonyl (C=O) groups is 2. The number of aryl methyl sites for hydroxylation is 2. The van der Waals surface area contributed by atoms with Crippen LogP contribution >= 0.6 is 0 Å². The van der Waals surface area contributed by atoms with Gasteiger partial charge in [-0.1, -0.05) is 42.5 Å². The van der Waals surface area contributed by atoms with E-state index in [2.05, 4.69) is 36.9 Å². The molecule has 2 aliphatic rings. The molecule has 2 amide bonds. The number of benzene rings is 4. The molecule has 6 rings (SSSR count). The molecular formula is C33H30FN3O3S. The number of nitrogens with zero attached hydrogens (tertiary/aromatic N) is 3. The molecule has 6 nitrogen and oxygen atoms in total. The predicted octanol–water partition coefficient (Wildman–Crippen LogP) is 5.73. The van der Waals surface area contributed by atoms with Crippen molar-refractivity contribution >= 4 is 34.0 Å². The first-order valence-corrected chi connectivity index (χ1v) is 14.8. The highest BCUT2D eigenvalue weighted by atomic mass is 32.2. The second kappa shape index (κ2) is 10.9. The van der Waals surface area contributed by atoms with Crippen LogP contribution in [0.15, 0.2) is 94.7 Å². The fourth-order valence-corrected chi connectivity index (χ4v) is 6.89. The van der Waals surface area contributed by atoms with E-state index in [1.807, 2.05) is 4.90 Å². The van der Waals surface area contributed by atoms with Crippen molar-refractivity contribution in [2.75, 3.05) is 36.0 Å². The summed E-state index contributed by atoms with van der Waals surface area (Å²) in [4.78, 5) is 33.9. The monoisotopic (exact) mass is 567 g/mol. The first-order valence-electron chi connectivity index (χ1n) is 13.6. The molecule has 0 N–H and O–H groups in total. The maximum Gasteiger partial charge on any atom is 0.259 e. The van der Waals surface area contributed by atoms with Crippen LogP contribution in [0.5, 0.6) is 0 Å². The Bertz CT molecular complexity index is 1700. The van der Waals surface area contributed by atoms with Gasteiger partial charge in [0, 0.05) is 43.0 Å². The van der Waals surface area contributed by atoms with Gasteiger partial charge in [0.25, 0.3) is 11.8 Å². The molecule has 1 unspecified atom stereocenters. The summed E-state index contributed by atoms with van der Waals surface area (Å²) < 4.78 is 28.4. The highest BCUT2D eigenvalue weighted by Gasteiger charge is 2.33. The second-order valence-corrected chi connectivity index (χ2v) is 11.9. The third-order valence-corrected chi connectivity index (χ3v) is 9.32. The third-order valence-electron chi connectivity index (χ3n) is 7.82. The zero-order valence-corrected chi connectivity index (χ0v) is 23.8. The standard InChI is InChI=1S/C33H30FN3O3S/c1-22-11-12-23(2)28(19-22)35-15-17-36(18-16-35)32(38)24-13-14-31-29(20-24)37(21-25-7-3-5-9-27(25)34)33(39)26-8-4-6-10-30(26)41(31)40/h3-14,19-20H,15-18,21H2,1-2H3. The summed E-state index contributed by atoms with van der Waals surface area (Å²) >= 11 is 0. The Balaban J connectivity index is 1.32. The van der Waals surface area contributed by atoms with E-state index in [9.17, 15) is 18.2 Å². The lowest BCUT2D eigenvalue weighted by Crippen LogP contribution is -2.49. The highest BCUT2D eigenvalue weighted by molar-refractivity contribution is 7.85. The minimum Gasteiger partial charge on any atom is -0.368 e. The van der Waals surface area contributed by atoms with Crippen molar-refractivity contribution in [1.82, 2.24) is 4.90 Å². The van der Waals surface area contributed by atoms with Gasteiger partial charge in [0.15, 0.2) is 0 Å². The van der Waals surface area contributed by atoms with E-state index in [-0.39, 0.29) is 18.4 Å². The molecular weight excluding hydrogens is 537 g/mol. The quantitative estimate of drug-likeness (QED) is 0.316. The summed E-state index contributed by atoms with van der Waals surface area (Å²) in [6, 6.07) is 24.4. The molecule has 8 heteroatoms. The topological polar surface area (TPSA) is 60.9 Å². The third kappa shape index (κ3) is 5.04. The molecule has 4 aromatic rings. The molecule has 1 saturated heterocycles. The molecule has 208 valence electrons. The Hall–Kier alpha value is -4.30. The van der Waals surface area contributed by atoms with Crippen molar-refractivity contribution in [2.45, 2.75) is 30.2 Å². The maximum atomic E-state index is 14.7. The number of fused-ring (bicyclic) bond motifs is 2. The molecule has 2 aliphatic heterocycles. The minimum atomic E-state index is -1.66. The van der Waals surface area contributed by atoms with E-state index in [1.165, 1.54) is 27.8 Å². The van der Waals surface area contributed by atoms with Crippen molar-refractivity contribution in [3.63, 3.8) is 0 Å².